The number of aliphatic hydroxyl groups is 1. The van der Waals surface area contributed by atoms with Gasteiger partial charge in [-0.05, 0) is 55.2 Å². The number of aryl methyl sites for hydroxylation is 1. The van der Waals surface area contributed by atoms with Crippen molar-refractivity contribution < 1.29 is 38.4 Å². The van der Waals surface area contributed by atoms with Crippen LogP contribution >= 0.6 is 11.3 Å². The number of carbonyl (C=O) groups is 3. The van der Waals surface area contributed by atoms with Gasteiger partial charge < -0.3 is 24.1 Å². The quantitative estimate of drug-likeness (QED) is 0.169. The Kier molecular flexibility index (Phi) is 7.98. The van der Waals surface area contributed by atoms with Crippen LogP contribution < -0.4 is 19.1 Å². The number of benzene rings is 2. The third-order valence-corrected chi connectivity index (χ3v) is 7.90. The highest BCUT2D eigenvalue weighted by Gasteiger charge is 2.48. The Labute approximate surface area is 241 Å². The normalized spacial score (nSPS) is 17.7. The van der Waals surface area contributed by atoms with Crippen molar-refractivity contribution in [3.8, 4) is 17.2 Å². The molecule has 0 aliphatic carbocycles. The standard InChI is InChI=1S/C30H30N2O8S/c1-16(2)10-11-38-20-7-5-6-18(14-20)24-23(25(33)19-8-9-21-22(15-19)40-13-12-39-21)26(34)28(35)32(24)30-31-17(3)27(41-30)29(36)37-4/h5-9,14-16,24,33H,10-13H2,1-4H3/b25-23+/t24-/m1/s1. The molecule has 2 aliphatic heterocycles. The van der Waals surface area contributed by atoms with Crippen LogP contribution in [0.4, 0.5) is 5.13 Å². The predicted octanol–water partition coefficient (Wildman–Crippen LogP) is 5.06. The molecule has 2 aromatic carbocycles. The van der Waals surface area contributed by atoms with E-state index >= 15 is 0 Å². The number of aliphatic hydroxyl groups excluding tert-OH is 1. The average molecular weight is 579 g/mol. The fourth-order valence-corrected chi connectivity index (χ4v) is 5.66. The van der Waals surface area contributed by atoms with Gasteiger partial charge in [0.15, 0.2) is 16.6 Å². The number of nitrogens with zero attached hydrogens (tertiary/aromatic N) is 2. The van der Waals surface area contributed by atoms with Crippen molar-refractivity contribution in [2.75, 3.05) is 31.8 Å². The lowest BCUT2D eigenvalue weighted by molar-refractivity contribution is -0.132. The van der Waals surface area contributed by atoms with E-state index in [0.717, 1.165) is 17.8 Å². The van der Waals surface area contributed by atoms with Gasteiger partial charge in [-0.2, -0.15) is 0 Å². The molecule has 1 atom stereocenters. The Morgan fingerprint density at radius 3 is 2.63 bits per heavy atom. The highest BCUT2D eigenvalue weighted by Crippen LogP contribution is 2.45. The number of methoxy groups -OCH3 is 1. The molecule has 1 N–H and O–H groups in total. The number of hydrogen-bond donors (Lipinski definition) is 1. The van der Waals surface area contributed by atoms with Gasteiger partial charge in [0.1, 0.15) is 29.6 Å². The molecular weight excluding hydrogens is 548 g/mol. The van der Waals surface area contributed by atoms with Crippen LogP contribution in [0.2, 0.25) is 0 Å². The molecule has 10 nitrogen and oxygen atoms in total. The minimum absolute atomic E-state index is 0.126. The van der Waals surface area contributed by atoms with Crippen LogP contribution in [-0.4, -0.2) is 54.7 Å². The lowest BCUT2D eigenvalue weighted by atomic mass is 9.95. The van der Waals surface area contributed by atoms with Crippen LogP contribution in [0.15, 0.2) is 48.0 Å². The van der Waals surface area contributed by atoms with E-state index in [1.807, 2.05) is 0 Å². The third kappa shape index (κ3) is 5.49. The number of anilines is 1. The zero-order chi connectivity index (χ0) is 29.3. The second-order valence-electron chi connectivity index (χ2n) is 10.0. The number of ketones is 1. The molecule has 1 fully saturated rings. The van der Waals surface area contributed by atoms with E-state index in [-0.39, 0.29) is 26.9 Å². The minimum atomic E-state index is -1.05. The SMILES string of the molecule is COC(=O)c1sc(N2C(=O)C(=O)/C(=C(/O)c3ccc4c(c3)OCCO4)[C@H]2c2cccc(OCCC(C)C)c2)nc1C. The van der Waals surface area contributed by atoms with E-state index in [4.69, 9.17) is 18.9 Å². The Bertz CT molecular complexity index is 1540. The van der Waals surface area contributed by atoms with Crippen LogP contribution in [0.1, 0.15) is 52.8 Å². The third-order valence-electron chi connectivity index (χ3n) is 6.76. The van der Waals surface area contributed by atoms with Gasteiger partial charge in [-0.15, -0.1) is 0 Å². The summed E-state index contributed by atoms with van der Waals surface area (Å²) in [7, 11) is 1.26. The van der Waals surface area contributed by atoms with Gasteiger partial charge in [0.2, 0.25) is 0 Å². The summed E-state index contributed by atoms with van der Waals surface area (Å²) < 4.78 is 22.0. The summed E-state index contributed by atoms with van der Waals surface area (Å²) in [5.41, 5.74) is 1.04. The van der Waals surface area contributed by atoms with Crippen molar-refractivity contribution >= 4 is 39.9 Å². The van der Waals surface area contributed by atoms with Crippen molar-refractivity contribution in [3.05, 3.63) is 69.7 Å². The van der Waals surface area contributed by atoms with Gasteiger partial charge in [-0.25, -0.2) is 9.78 Å². The van der Waals surface area contributed by atoms with Gasteiger partial charge >= 0.3 is 11.9 Å². The molecule has 5 rings (SSSR count). The van der Waals surface area contributed by atoms with Gasteiger partial charge in [-0.1, -0.05) is 37.3 Å². The number of thiazole rings is 1. The van der Waals surface area contributed by atoms with Crippen molar-refractivity contribution in [1.29, 1.82) is 0 Å². The Balaban J connectivity index is 1.64. The highest BCUT2D eigenvalue weighted by molar-refractivity contribution is 7.17. The number of ether oxygens (including phenoxy) is 4. The van der Waals surface area contributed by atoms with Gasteiger partial charge in [0.05, 0.1) is 31.0 Å². The van der Waals surface area contributed by atoms with Crippen molar-refractivity contribution in [2.24, 2.45) is 5.92 Å². The summed E-state index contributed by atoms with van der Waals surface area (Å²) >= 11 is 0.938. The maximum absolute atomic E-state index is 13.6. The zero-order valence-electron chi connectivity index (χ0n) is 23.1. The molecule has 2 aliphatic rings. The second kappa shape index (κ2) is 11.6. The molecule has 1 amide bonds. The zero-order valence-corrected chi connectivity index (χ0v) is 23.9. The maximum Gasteiger partial charge on any atom is 0.350 e. The molecule has 3 aromatic rings. The smallest absolute Gasteiger partial charge is 0.350 e. The lowest BCUT2D eigenvalue weighted by Gasteiger charge is -2.24. The Morgan fingerprint density at radius 1 is 1.15 bits per heavy atom. The number of carbonyl (C=O) groups excluding carboxylic acids is 3. The predicted molar refractivity (Wildman–Crippen MR) is 152 cm³/mol. The van der Waals surface area contributed by atoms with Gasteiger partial charge in [0, 0.05) is 5.56 Å². The molecule has 11 heteroatoms. The van der Waals surface area contributed by atoms with Crippen LogP contribution in [0.25, 0.3) is 5.76 Å². The summed E-state index contributed by atoms with van der Waals surface area (Å²) in [5.74, 6) is -0.801. The number of hydrogen-bond acceptors (Lipinski definition) is 10. The number of aromatic nitrogens is 1. The van der Waals surface area contributed by atoms with Crippen LogP contribution in [0, 0.1) is 12.8 Å². The summed E-state index contributed by atoms with van der Waals surface area (Å²) in [6, 6.07) is 10.8. The summed E-state index contributed by atoms with van der Waals surface area (Å²) in [6.45, 7) is 7.06. The van der Waals surface area contributed by atoms with Crippen LogP contribution in [0.3, 0.4) is 0 Å². The Hall–Kier alpha value is -4.38. The number of rotatable bonds is 8. The lowest BCUT2D eigenvalue weighted by Crippen LogP contribution is -2.29. The van der Waals surface area contributed by atoms with Crippen molar-refractivity contribution in [2.45, 2.75) is 33.2 Å². The topological polar surface area (TPSA) is 124 Å². The first-order chi connectivity index (χ1) is 19.7. The molecule has 0 spiro atoms. The molecule has 0 saturated carbocycles. The highest BCUT2D eigenvalue weighted by atomic mass is 32.1. The molecule has 0 radical (unpaired) electrons. The number of fused-ring (bicyclic) bond motifs is 1. The molecule has 0 bridgehead atoms. The largest absolute Gasteiger partial charge is 0.507 e. The van der Waals surface area contributed by atoms with E-state index in [0.29, 0.717) is 54.2 Å². The van der Waals surface area contributed by atoms with Crippen LogP contribution in [0.5, 0.6) is 17.2 Å². The van der Waals surface area contributed by atoms with E-state index in [1.54, 1.807) is 49.4 Å². The average Bonchev–Trinajstić information content (AvgIpc) is 3.48. The first-order valence-electron chi connectivity index (χ1n) is 13.2. The first-order valence-corrected chi connectivity index (χ1v) is 14.0. The first kappa shape index (κ1) is 28.2. The van der Waals surface area contributed by atoms with Crippen LogP contribution in [-0.2, 0) is 14.3 Å². The molecule has 214 valence electrons. The maximum atomic E-state index is 13.6. The fourth-order valence-electron chi connectivity index (χ4n) is 4.65. The van der Waals surface area contributed by atoms with E-state index < -0.39 is 23.7 Å². The molecular formula is C30H30N2O8S. The summed E-state index contributed by atoms with van der Waals surface area (Å²) in [6.07, 6.45) is 0.849. The number of amides is 1. The monoisotopic (exact) mass is 578 g/mol. The molecule has 41 heavy (non-hydrogen) atoms. The van der Waals surface area contributed by atoms with E-state index in [9.17, 15) is 19.5 Å². The Morgan fingerprint density at radius 2 is 1.90 bits per heavy atom. The van der Waals surface area contributed by atoms with Gasteiger partial charge in [0.25, 0.3) is 5.78 Å². The number of esters is 1. The fraction of sp³-hybridized carbons (Fsp3) is 0.333. The molecule has 3 heterocycles. The van der Waals surface area contributed by atoms with E-state index in [2.05, 4.69) is 18.8 Å². The van der Waals surface area contributed by atoms with Crippen molar-refractivity contribution in [1.82, 2.24) is 4.98 Å². The summed E-state index contributed by atoms with van der Waals surface area (Å²) in [5, 5.41) is 11.7. The second-order valence-corrected chi connectivity index (χ2v) is 11.0. The minimum Gasteiger partial charge on any atom is -0.507 e. The molecule has 1 aromatic heterocycles. The molecule has 0 unspecified atom stereocenters. The van der Waals surface area contributed by atoms with E-state index in [1.165, 1.54) is 12.0 Å². The number of Topliss-reactive ketones (excluding diaryl/α,β-unsaturated/α-hetero) is 1. The summed E-state index contributed by atoms with van der Waals surface area (Å²) in [4.78, 5) is 45.3. The van der Waals surface area contributed by atoms with Crippen molar-refractivity contribution in [3.63, 3.8) is 0 Å². The molecule has 1 saturated heterocycles. The van der Waals surface area contributed by atoms with Gasteiger partial charge in [-0.3, -0.25) is 14.5 Å².